The van der Waals surface area contributed by atoms with Crippen molar-refractivity contribution in [3.05, 3.63) is 57.3 Å². The average molecular weight is 434 g/mol. The Morgan fingerprint density at radius 3 is 2.53 bits per heavy atom. The molecule has 1 aromatic heterocycles. The van der Waals surface area contributed by atoms with Gasteiger partial charge in [-0.05, 0) is 48.1 Å². The van der Waals surface area contributed by atoms with Crippen molar-refractivity contribution in [3.63, 3.8) is 0 Å². The third-order valence-electron chi connectivity index (χ3n) is 5.99. The summed E-state index contributed by atoms with van der Waals surface area (Å²) in [6, 6.07) is 5.49. The molecule has 0 N–H and O–H groups in total. The molecule has 5 nitrogen and oxygen atoms in total. The second kappa shape index (κ2) is 8.81. The SMILES string of the molecule is CCC1c2ccsc2CCN1C(=O)CN1CCN(C(=O)c2ccc(F)c(F)c2)CC1. The fraction of sp³-hybridized carbons (Fsp3) is 0.455. The van der Waals surface area contributed by atoms with E-state index in [4.69, 9.17) is 0 Å². The molecule has 2 aliphatic rings. The van der Waals surface area contributed by atoms with E-state index in [1.54, 1.807) is 16.2 Å². The molecule has 0 bridgehead atoms. The van der Waals surface area contributed by atoms with Crippen molar-refractivity contribution >= 4 is 23.2 Å². The van der Waals surface area contributed by atoms with E-state index in [1.807, 2.05) is 4.90 Å². The first-order valence-corrected chi connectivity index (χ1v) is 11.2. The van der Waals surface area contributed by atoms with E-state index in [0.717, 1.165) is 31.5 Å². The van der Waals surface area contributed by atoms with Crippen molar-refractivity contribution in [2.45, 2.75) is 25.8 Å². The van der Waals surface area contributed by atoms with Crippen LogP contribution in [0, 0.1) is 11.6 Å². The lowest BCUT2D eigenvalue weighted by molar-refractivity contribution is -0.135. The fourth-order valence-electron chi connectivity index (χ4n) is 4.34. The first-order valence-electron chi connectivity index (χ1n) is 10.3. The highest BCUT2D eigenvalue weighted by Crippen LogP contribution is 2.35. The van der Waals surface area contributed by atoms with Crippen LogP contribution in [0.5, 0.6) is 0 Å². The lowest BCUT2D eigenvalue weighted by Crippen LogP contribution is -2.52. The van der Waals surface area contributed by atoms with Crippen LogP contribution in [-0.2, 0) is 11.2 Å². The maximum absolute atomic E-state index is 13.4. The Kier molecular flexibility index (Phi) is 6.15. The minimum Gasteiger partial charge on any atom is -0.336 e. The molecule has 1 saturated heterocycles. The van der Waals surface area contributed by atoms with Gasteiger partial charge in [0.05, 0.1) is 12.6 Å². The first kappa shape index (κ1) is 20.9. The number of thiophene rings is 1. The molecule has 0 saturated carbocycles. The molecule has 1 fully saturated rings. The molecule has 1 atom stereocenters. The topological polar surface area (TPSA) is 43.9 Å². The van der Waals surface area contributed by atoms with Gasteiger partial charge in [-0.25, -0.2) is 8.78 Å². The molecule has 8 heteroatoms. The predicted molar refractivity (Wildman–Crippen MR) is 111 cm³/mol. The Morgan fingerprint density at radius 2 is 1.83 bits per heavy atom. The summed E-state index contributed by atoms with van der Waals surface area (Å²) in [4.78, 5) is 32.6. The van der Waals surface area contributed by atoms with E-state index in [0.29, 0.717) is 32.7 Å². The highest BCUT2D eigenvalue weighted by molar-refractivity contribution is 7.10. The summed E-state index contributed by atoms with van der Waals surface area (Å²) >= 11 is 1.77. The molecule has 2 aliphatic heterocycles. The maximum atomic E-state index is 13.4. The smallest absolute Gasteiger partial charge is 0.254 e. The summed E-state index contributed by atoms with van der Waals surface area (Å²) in [6.45, 7) is 5.27. The van der Waals surface area contributed by atoms with Gasteiger partial charge in [0.15, 0.2) is 11.6 Å². The van der Waals surface area contributed by atoms with Crippen LogP contribution in [0.4, 0.5) is 8.78 Å². The van der Waals surface area contributed by atoms with Crippen LogP contribution < -0.4 is 0 Å². The summed E-state index contributed by atoms with van der Waals surface area (Å²) in [7, 11) is 0. The number of rotatable bonds is 4. The minimum atomic E-state index is -1.02. The first-order chi connectivity index (χ1) is 14.5. The van der Waals surface area contributed by atoms with Crippen molar-refractivity contribution in [3.8, 4) is 0 Å². The predicted octanol–water partition coefficient (Wildman–Crippen LogP) is 3.32. The Balaban J connectivity index is 1.33. The average Bonchev–Trinajstić information content (AvgIpc) is 3.24. The number of piperazine rings is 1. The van der Waals surface area contributed by atoms with Gasteiger partial charge in [0.25, 0.3) is 5.91 Å². The molecule has 0 aliphatic carbocycles. The summed E-state index contributed by atoms with van der Waals surface area (Å²) in [5.41, 5.74) is 1.42. The Morgan fingerprint density at radius 1 is 1.07 bits per heavy atom. The highest BCUT2D eigenvalue weighted by Gasteiger charge is 2.32. The molecule has 30 heavy (non-hydrogen) atoms. The summed E-state index contributed by atoms with van der Waals surface area (Å²) in [6.07, 6.45) is 1.80. The molecule has 3 heterocycles. The normalized spacial score (nSPS) is 19.6. The van der Waals surface area contributed by atoms with Crippen LogP contribution in [0.3, 0.4) is 0 Å². The second-order valence-corrected chi connectivity index (χ2v) is 8.76. The Hall–Kier alpha value is -2.32. The van der Waals surface area contributed by atoms with E-state index in [1.165, 1.54) is 16.5 Å². The molecule has 2 aromatic rings. The number of hydrogen-bond acceptors (Lipinski definition) is 4. The monoisotopic (exact) mass is 433 g/mol. The fourth-order valence-corrected chi connectivity index (χ4v) is 5.27. The maximum Gasteiger partial charge on any atom is 0.254 e. The van der Waals surface area contributed by atoms with E-state index >= 15 is 0 Å². The number of fused-ring (bicyclic) bond motifs is 1. The molecule has 2 amide bonds. The van der Waals surface area contributed by atoms with Crippen LogP contribution in [0.15, 0.2) is 29.6 Å². The van der Waals surface area contributed by atoms with Gasteiger partial charge in [-0.1, -0.05) is 6.92 Å². The summed E-state index contributed by atoms with van der Waals surface area (Å²) < 4.78 is 26.5. The number of hydrogen-bond donors (Lipinski definition) is 0. The van der Waals surface area contributed by atoms with Crippen molar-refractivity contribution < 1.29 is 18.4 Å². The van der Waals surface area contributed by atoms with Crippen LogP contribution in [-0.4, -0.2) is 65.8 Å². The van der Waals surface area contributed by atoms with Crippen LogP contribution in [0.1, 0.15) is 40.2 Å². The van der Waals surface area contributed by atoms with E-state index < -0.39 is 11.6 Å². The quantitative estimate of drug-likeness (QED) is 0.743. The third kappa shape index (κ3) is 4.11. The van der Waals surface area contributed by atoms with Crippen LogP contribution >= 0.6 is 11.3 Å². The zero-order valence-corrected chi connectivity index (χ0v) is 17.8. The molecule has 0 spiro atoms. The van der Waals surface area contributed by atoms with Crippen molar-refractivity contribution in [1.29, 1.82) is 0 Å². The van der Waals surface area contributed by atoms with E-state index in [-0.39, 0.29) is 23.4 Å². The zero-order chi connectivity index (χ0) is 21.3. The molecule has 1 aromatic carbocycles. The number of carbonyl (C=O) groups excluding carboxylic acids is 2. The standard InChI is InChI=1S/C22H25F2N3O2S/c1-2-19-16-6-12-30-20(16)5-7-27(19)21(28)14-25-8-10-26(11-9-25)22(29)15-3-4-17(23)18(24)13-15/h3-4,6,12-13,19H,2,5,7-11,14H2,1H3. The third-order valence-corrected chi connectivity index (χ3v) is 6.98. The second-order valence-electron chi connectivity index (χ2n) is 7.76. The molecule has 160 valence electrons. The molecule has 4 rings (SSSR count). The van der Waals surface area contributed by atoms with Gasteiger partial charge in [0.2, 0.25) is 5.91 Å². The van der Waals surface area contributed by atoms with Crippen molar-refractivity contribution in [1.82, 2.24) is 14.7 Å². The van der Waals surface area contributed by atoms with E-state index in [9.17, 15) is 18.4 Å². The lowest BCUT2D eigenvalue weighted by atomic mass is 9.97. The molecule has 1 unspecified atom stereocenters. The van der Waals surface area contributed by atoms with Crippen LogP contribution in [0.25, 0.3) is 0 Å². The van der Waals surface area contributed by atoms with Crippen molar-refractivity contribution in [2.75, 3.05) is 39.3 Å². The van der Waals surface area contributed by atoms with Gasteiger partial charge in [-0.15, -0.1) is 11.3 Å². The number of nitrogens with zero attached hydrogens (tertiary/aromatic N) is 3. The minimum absolute atomic E-state index is 0.124. The van der Waals surface area contributed by atoms with Gasteiger partial charge in [-0.2, -0.15) is 0 Å². The Labute approximate surface area is 178 Å². The van der Waals surface area contributed by atoms with Crippen molar-refractivity contribution in [2.24, 2.45) is 0 Å². The summed E-state index contributed by atoms with van der Waals surface area (Å²) in [5, 5.41) is 2.10. The Bertz CT molecular complexity index is 940. The lowest BCUT2D eigenvalue weighted by Gasteiger charge is -2.39. The highest BCUT2D eigenvalue weighted by atomic mass is 32.1. The number of halogens is 2. The molecule has 0 radical (unpaired) electrons. The van der Waals surface area contributed by atoms with Gasteiger partial charge in [-0.3, -0.25) is 14.5 Å². The van der Waals surface area contributed by atoms with Crippen LogP contribution in [0.2, 0.25) is 0 Å². The summed E-state index contributed by atoms with van der Waals surface area (Å²) in [5.74, 6) is -2.18. The van der Waals surface area contributed by atoms with Gasteiger partial charge in [0.1, 0.15) is 0 Å². The molecular formula is C22H25F2N3O2S. The van der Waals surface area contributed by atoms with Gasteiger partial charge < -0.3 is 9.80 Å². The van der Waals surface area contributed by atoms with Gasteiger partial charge >= 0.3 is 0 Å². The number of carbonyl (C=O) groups is 2. The largest absolute Gasteiger partial charge is 0.336 e. The number of amides is 2. The van der Waals surface area contributed by atoms with Gasteiger partial charge in [0, 0.05) is 43.2 Å². The zero-order valence-electron chi connectivity index (χ0n) is 16.9. The van der Waals surface area contributed by atoms with E-state index in [2.05, 4.69) is 23.3 Å². The number of benzene rings is 1. The molecular weight excluding hydrogens is 408 g/mol.